The molecule has 3 nitrogen and oxygen atoms in total. The van der Waals surface area contributed by atoms with Crippen LogP contribution in [-0.4, -0.2) is 17.1 Å². The van der Waals surface area contributed by atoms with Crippen molar-refractivity contribution in [2.45, 2.75) is 31.8 Å². The number of rotatable bonds is 4. The molecule has 0 aliphatic heterocycles. The molecule has 1 unspecified atom stereocenters. The van der Waals surface area contributed by atoms with E-state index in [4.69, 9.17) is 5.11 Å². The van der Waals surface area contributed by atoms with Crippen LogP contribution in [0.4, 0.5) is 0 Å². The third kappa shape index (κ3) is 2.13. The molecule has 1 aromatic rings. The van der Waals surface area contributed by atoms with Gasteiger partial charge in [-0.2, -0.15) is 0 Å². The van der Waals surface area contributed by atoms with Gasteiger partial charge in [-0.15, -0.1) is 11.3 Å². The molecule has 1 heterocycles. The SMILES string of the molecule is Cc1ccc(C(NC2CC2)C(=O)O)s1. The summed E-state index contributed by atoms with van der Waals surface area (Å²) >= 11 is 1.55. The molecule has 0 amide bonds. The molecule has 1 atom stereocenters. The number of hydrogen-bond donors (Lipinski definition) is 2. The second-order valence-corrected chi connectivity index (χ2v) is 4.98. The summed E-state index contributed by atoms with van der Waals surface area (Å²) in [6.45, 7) is 1.99. The van der Waals surface area contributed by atoms with Crippen LogP contribution in [0.15, 0.2) is 12.1 Å². The first-order chi connectivity index (χ1) is 6.66. The van der Waals surface area contributed by atoms with Gasteiger partial charge in [-0.25, -0.2) is 0 Å². The highest BCUT2D eigenvalue weighted by Gasteiger charge is 2.29. The Bertz CT molecular complexity index is 344. The molecule has 0 aromatic carbocycles. The molecule has 1 saturated carbocycles. The fourth-order valence-electron chi connectivity index (χ4n) is 1.37. The van der Waals surface area contributed by atoms with Crippen molar-refractivity contribution in [3.8, 4) is 0 Å². The van der Waals surface area contributed by atoms with Gasteiger partial charge in [0.05, 0.1) is 0 Å². The number of carboxylic acid groups (broad SMARTS) is 1. The Morgan fingerprint density at radius 3 is 2.79 bits per heavy atom. The Morgan fingerprint density at radius 2 is 2.36 bits per heavy atom. The number of aliphatic carboxylic acids is 1. The smallest absolute Gasteiger partial charge is 0.326 e. The Hall–Kier alpha value is -0.870. The summed E-state index contributed by atoms with van der Waals surface area (Å²) in [4.78, 5) is 13.1. The maximum atomic E-state index is 11.0. The van der Waals surface area contributed by atoms with E-state index in [1.165, 1.54) is 0 Å². The van der Waals surface area contributed by atoms with Gasteiger partial charge < -0.3 is 5.11 Å². The highest BCUT2D eigenvalue weighted by Crippen LogP contribution is 2.28. The van der Waals surface area contributed by atoms with Crippen molar-refractivity contribution < 1.29 is 9.90 Å². The highest BCUT2D eigenvalue weighted by atomic mass is 32.1. The van der Waals surface area contributed by atoms with Gasteiger partial charge in [0, 0.05) is 15.8 Å². The minimum Gasteiger partial charge on any atom is -0.480 e. The normalized spacial score (nSPS) is 18.1. The number of carbonyl (C=O) groups is 1. The van der Waals surface area contributed by atoms with E-state index in [1.54, 1.807) is 11.3 Å². The first kappa shape index (κ1) is 9.68. The number of thiophene rings is 1. The maximum Gasteiger partial charge on any atom is 0.326 e. The van der Waals surface area contributed by atoms with Crippen molar-refractivity contribution in [1.82, 2.24) is 5.32 Å². The van der Waals surface area contributed by atoms with Crippen molar-refractivity contribution in [3.63, 3.8) is 0 Å². The van der Waals surface area contributed by atoms with Crippen LogP contribution in [-0.2, 0) is 4.79 Å². The second kappa shape index (κ2) is 3.71. The van der Waals surface area contributed by atoms with Gasteiger partial charge >= 0.3 is 5.97 Å². The molecular weight excluding hydrogens is 198 g/mol. The van der Waals surface area contributed by atoms with Gasteiger partial charge in [0.15, 0.2) is 0 Å². The van der Waals surface area contributed by atoms with E-state index in [-0.39, 0.29) is 0 Å². The molecule has 0 saturated heterocycles. The maximum absolute atomic E-state index is 11.0. The monoisotopic (exact) mass is 211 g/mol. The van der Waals surface area contributed by atoms with Gasteiger partial charge in [-0.1, -0.05) is 0 Å². The molecule has 0 radical (unpaired) electrons. The Morgan fingerprint density at radius 1 is 1.64 bits per heavy atom. The summed E-state index contributed by atoms with van der Waals surface area (Å²) in [5, 5.41) is 12.2. The Labute approximate surface area is 86.8 Å². The second-order valence-electron chi connectivity index (χ2n) is 3.66. The molecule has 1 aliphatic rings. The van der Waals surface area contributed by atoms with E-state index >= 15 is 0 Å². The van der Waals surface area contributed by atoms with Crippen LogP contribution in [0.25, 0.3) is 0 Å². The van der Waals surface area contributed by atoms with Crippen molar-refractivity contribution in [3.05, 3.63) is 21.9 Å². The van der Waals surface area contributed by atoms with Crippen LogP contribution >= 0.6 is 11.3 Å². The zero-order valence-corrected chi connectivity index (χ0v) is 8.80. The number of nitrogens with one attached hydrogen (secondary N) is 1. The molecule has 0 spiro atoms. The van der Waals surface area contributed by atoms with Crippen molar-refractivity contribution >= 4 is 17.3 Å². The summed E-state index contributed by atoms with van der Waals surface area (Å²) in [5.41, 5.74) is 0. The average molecular weight is 211 g/mol. The van der Waals surface area contributed by atoms with E-state index in [1.807, 2.05) is 19.1 Å². The summed E-state index contributed by atoms with van der Waals surface area (Å²) < 4.78 is 0. The molecule has 1 aromatic heterocycles. The molecular formula is C10H13NO2S. The van der Waals surface area contributed by atoms with E-state index < -0.39 is 12.0 Å². The van der Waals surface area contributed by atoms with Crippen LogP contribution in [0.3, 0.4) is 0 Å². The minimum atomic E-state index is -0.779. The van der Waals surface area contributed by atoms with Gasteiger partial charge in [0.2, 0.25) is 0 Å². The van der Waals surface area contributed by atoms with Gasteiger partial charge in [0.25, 0.3) is 0 Å². The van der Waals surface area contributed by atoms with Crippen LogP contribution in [0, 0.1) is 6.92 Å². The van der Waals surface area contributed by atoms with Crippen LogP contribution < -0.4 is 5.32 Å². The topological polar surface area (TPSA) is 49.3 Å². The lowest BCUT2D eigenvalue weighted by Gasteiger charge is -2.11. The lowest BCUT2D eigenvalue weighted by molar-refractivity contribution is -0.139. The summed E-state index contributed by atoms with van der Waals surface area (Å²) in [5.74, 6) is -0.779. The molecule has 76 valence electrons. The van der Waals surface area contributed by atoms with E-state index in [0.717, 1.165) is 22.6 Å². The third-order valence-electron chi connectivity index (χ3n) is 2.27. The lowest BCUT2D eigenvalue weighted by atomic mass is 10.2. The van der Waals surface area contributed by atoms with Crippen LogP contribution in [0.1, 0.15) is 28.6 Å². The summed E-state index contributed by atoms with van der Waals surface area (Å²) in [6.07, 6.45) is 2.21. The Kier molecular flexibility index (Phi) is 2.56. The van der Waals surface area contributed by atoms with Crippen molar-refractivity contribution in [2.75, 3.05) is 0 Å². The van der Waals surface area contributed by atoms with Crippen molar-refractivity contribution in [1.29, 1.82) is 0 Å². The summed E-state index contributed by atoms with van der Waals surface area (Å²) in [6, 6.07) is 3.76. The highest BCUT2D eigenvalue weighted by molar-refractivity contribution is 7.12. The summed E-state index contributed by atoms with van der Waals surface area (Å²) in [7, 11) is 0. The molecule has 4 heteroatoms. The van der Waals surface area contributed by atoms with E-state index in [0.29, 0.717) is 6.04 Å². The predicted octanol–water partition coefficient (Wildman–Crippen LogP) is 1.93. The first-order valence-corrected chi connectivity index (χ1v) is 5.53. The van der Waals surface area contributed by atoms with E-state index in [9.17, 15) is 4.79 Å². The lowest BCUT2D eigenvalue weighted by Crippen LogP contribution is -2.29. The number of aryl methyl sites for hydroxylation is 1. The zero-order chi connectivity index (χ0) is 10.1. The fourth-order valence-corrected chi connectivity index (χ4v) is 2.30. The molecule has 1 aliphatic carbocycles. The number of carboxylic acids is 1. The van der Waals surface area contributed by atoms with Gasteiger partial charge in [0.1, 0.15) is 6.04 Å². The zero-order valence-electron chi connectivity index (χ0n) is 7.99. The molecule has 2 N–H and O–H groups in total. The average Bonchev–Trinajstić information content (AvgIpc) is 2.84. The molecule has 2 rings (SSSR count). The molecule has 1 fully saturated rings. The third-order valence-corrected chi connectivity index (χ3v) is 3.34. The van der Waals surface area contributed by atoms with Crippen molar-refractivity contribution in [2.24, 2.45) is 0 Å². The quantitative estimate of drug-likeness (QED) is 0.800. The standard InChI is InChI=1S/C10H13NO2S/c1-6-2-5-8(14-6)9(10(12)13)11-7-3-4-7/h2,5,7,9,11H,3-4H2,1H3,(H,12,13). The predicted molar refractivity (Wildman–Crippen MR) is 55.6 cm³/mol. The Balaban J connectivity index is 2.12. The molecule has 14 heavy (non-hydrogen) atoms. The van der Waals surface area contributed by atoms with Gasteiger partial charge in [-0.05, 0) is 31.9 Å². The fraction of sp³-hybridized carbons (Fsp3) is 0.500. The van der Waals surface area contributed by atoms with Crippen LogP contribution in [0.5, 0.6) is 0 Å². The first-order valence-electron chi connectivity index (χ1n) is 4.72. The van der Waals surface area contributed by atoms with Gasteiger partial charge in [-0.3, -0.25) is 10.1 Å². The minimum absolute atomic E-state index is 0.415. The van der Waals surface area contributed by atoms with Crippen LogP contribution in [0.2, 0.25) is 0 Å². The number of hydrogen-bond acceptors (Lipinski definition) is 3. The van der Waals surface area contributed by atoms with E-state index in [2.05, 4.69) is 5.32 Å². The largest absolute Gasteiger partial charge is 0.480 e. The molecule has 0 bridgehead atoms.